The molecule has 2 nitrogen and oxygen atoms in total. The number of rotatable bonds is 2. The lowest BCUT2D eigenvalue weighted by Crippen LogP contribution is -2.41. The van der Waals surface area contributed by atoms with Gasteiger partial charge in [0, 0.05) is 16.5 Å². The molecule has 1 fully saturated rings. The summed E-state index contributed by atoms with van der Waals surface area (Å²) in [7, 11) is 0. The molecule has 0 unspecified atom stereocenters. The maximum absolute atomic E-state index is 5.89. The smallest absolute Gasteiger partial charge is 0.192 e. The Hall–Kier alpha value is -0.120. The van der Waals surface area contributed by atoms with Crippen LogP contribution in [0.15, 0.2) is 22.7 Å². The van der Waals surface area contributed by atoms with Crippen LogP contribution in [0.1, 0.15) is 33.1 Å². The summed E-state index contributed by atoms with van der Waals surface area (Å²) in [6, 6.07) is 0. The molecule has 3 heteroatoms. The lowest BCUT2D eigenvalue weighted by molar-refractivity contribution is -0.154. The quantitative estimate of drug-likeness (QED) is 0.720. The maximum atomic E-state index is 5.89. The second-order valence-corrected chi connectivity index (χ2v) is 6.30. The van der Waals surface area contributed by atoms with Crippen LogP contribution in [0.3, 0.4) is 0 Å². The van der Waals surface area contributed by atoms with Crippen molar-refractivity contribution in [3.05, 3.63) is 22.7 Å². The third kappa shape index (κ3) is 2.13. The van der Waals surface area contributed by atoms with E-state index < -0.39 is 5.79 Å². The number of allylic oxidation sites excluding steroid dienone is 2. The van der Waals surface area contributed by atoms with Gasteiger partial charge in [-0.25, -0.2) is 0 Å². The molecule has 2 rings (SSSR count). The summed E-state index contributed by atoms with van der Waals surface area (Å²) in [4.78, 5) is 0. The van der Waals surface area contributed by atoms with Crippen molar-refractivity contribution in [2.45, 2.75) is 38.9 Å². The van der Waals surface area contributed by atoms with E-state index in [9.17, 15) is 0 Å². The minimum absolute atomic E-state index is 0.216. The van der Waals surface area contributed by atoms with Crippen LogP contribution < -0.4 is 0 Å². The lowest BCUT2D eigenvalue weighted by Gasteiger charge is -2.42. The molecule has 0 amide bonds. The van der Waals surface area contributed by atoms with Crippen molar-refractivity contribution < 1.29 is 9.47 Å². The number of ether oxygens (including phenoxy) is 2. The molecular weight excluding hydrogens is 268 g/mol. The first-order valence-corrected chi connectivity index (χ1v) is 6.55. The molecular formula is C13H19BrO2. The van der Waals surface area contributed by atoms with Gasteiger partial charge in [-0.3, -0.25) is 0 Å². The Bertz CT molecular complexity index is 325. The summed E-state index contributed by atoms with van der Waals surface area (Å²) in [6.07, 6.45) is 4.72. The molecule has 1 saturated heterocycles. The zero-order valence-corrected chi connectivity index (χ0v) is 11.6. The molecule has 16 heavy (non-hydrogen) atoms. The molecule has 1 heterocycles. The van der Waals surface area contributed by atoms with Gasteiger partial charge in [-0.05, 0) is 18.3 Å². The van der Waals surface area contributed by atoms with Gasteiger partial charge in [-0.2, -0.15) is 0 Å². The Morgan fingerprint density at radius 2 is 2.00 bits per heavy atom. The highest BCUT2D eigenvalue weighted by Gasteiger charge is 2.48. The van der Waals surface area contributed by atoms with Crippen molar-refractivity contribution in [2.75, 3.05) is 13.2 Å². The first-order chi connectivity index (χ1) is 7.49. The van der Waals surface area contributed by atoms with Crippen LogP contribution in [0.2, 0.25) is 0 Å². The second-order valence-electron chi connectivity index (χ2n) is 5.34. The molecule has 1 spiro atoms. The van der Waals surface area contributed by atoms with Crippen molar-refractivity contribution in [3.8, 4) is 0 Å². The SMILES string of the molecule is C=CCC1=C(Br)CC(C)(C)CC12OCCO2. The Labute approximate surface area is 106 Å². The molecule has 0 aromatic rings. The molecule has 1 aliphatic heterocycles. The highest BCUT2D eigenvalue weighted by Crippen LogP contribution is 2.50. The second kappa shape index (κ2) is 4.28. The molecule has 0 N–H and O–H groups in total. The summed E-state index contributed by atoms with van der Waals surface area (Å²) in [5.41, 5.74) is 1.44. The number of hydrogen-bond acceptors (Lipinski definition) is 2. The summed E-state index contributed by atoms with van der Waals surface area (Å²) in [6.45, 7) is 9.71. The average Bonchev–Trinajstić information content (AvgIpc) is 2.59. The first kappa shape index (κ1) is 12.3. The van der Waals surface area contributed by atoms with E-state index in [0.717, 1.165) is 19.3 Å². The van der Waals surface area contributed by atoms with E-state index in [4.69, 9.17) is 9.47 Å². The van der Waals surface area contributed by atoms with Gasteiger partial charge in [-0.15, -0.1) is 6.58 Å². The predicted octanol–water partition coefficient (Wildman–Crippen LogP) is 3.77. The van der Waals surface area contributed by atoms with E-state index in [1.54, 1.807) is 0 Å². The average molecular weight is 287 g/mol. The largest absolute Gasteiger partial charge is 0.344 e. The minimum atomic E-state index is -0.491. The Morgan fingerprint density at radius 3 is 2.56 bits per heavy atom. The fraction of sp³-hybridized carbons (Fsp3) is 0.692. The standard InChI is InChI=1S/C13H19BrO2/c1-4-5-10-11(14)8-12(2,3)9-13(10)15-6-7-16-13/h4H,1,5-9H2,2-3H3. The number of halogens is 1. The van der Waals surface area contributed by atoms with Crippen LogP contribution >= 0.6 is 15.9 Å². The van der Waals surface area contributed by atoms with Gasteiger partial charge in [0.25, 0.3) is 0 Å². The van der Waals surface area contributed by atoms with Crippen molar-refractivity contribution in [3.63, 3.8) is 0 Å². The zero-order chi connectivity index (χ0) is 11.8. The molecule has 0 radical (unpaired) electrons. The lowest BCUT2D eigenvalue weighted by atomic mass is 9.74. The summed E-state index contributed by atoms with van der Waals surface area (Å²) >= 11 is 3.69. The van der Waals surface area contributed by atoms with Gasteiger partial charge >= 0.3 is 0 Å². The zero-order valence-electron chi connectivity index (χ0n) is 10.0. The van der Waals surface area contributed by atoms with Crippen LogP contribution in [0, 0.1) is 5.41 Å². The highest BCUT2D eigenvalue weighted by molar-refractivity contribution is 9.11. The van der Waals surface area contributed by atoms with Gasteiger partial charge in [0.05, 0.1) is 13.2 Å². The molecule has 0 bridgehead atoms. The van der Waals surface area contributed by atoms with Crippen LogP contribution in [-0.4, -0.2) is 19.0 Å². The molecule has 1 aliphatic carbocycles. The van der Waals surface area contributed by atoms with Crippen LogP contribution in [0.25, 0.3) is 0 Å². The third-order valence-corrected chi connectivity index (χ3v) is 3.99. The first-order valence-electron chi connectivity index (χ1n) is 5.76. The molecule has 0 aromatic carbocycles. The Morgan fingerprint density at radius 1 is 1.38 bits per heavy atom. The molecule has 0 atom stereocenters. The van der Waals surface area contributed by atoms with Gasteiger partial charge < -0.3 is 9.47 Å². The van der Waals surface area contributed by atoms with Gasteiger partial charge in [0.1, 0.15) is 0 Å². The van der Waals surface area contributed by atoms with Gasteiger partial charge in [-0.1, -0.05) is 35.9 Å². The minimum Gasteiger partial charge on any atom is -0.344 e. The van der Waals surface area contributed by atoms with Crippen LogP contribution in [-0.2, 0) is 9.47 Å². The van der Waals surface area contributed by atoms with E-state index in [2.05, 4.69) is 36.4 Å². The van der Waals surface area contributed by atoms with E-state index in [0.29, 0.717) is 13.2 Å². The molecule has 90 valence electrons. The fourth-order valence-corrected chi connectivity index (χ4v) is 3.90. The van der Waals surface area contributed by atoms with E-state index >= 15 is 0 Å². The molecule has 0 aromatic heterocycles. The van der Waals surface area contributed by atoms with Crippen LogP contribution in [0.4, 0.5) is 0 Å². The summed E-state index contributed by atoms with van der Waals surface area (Å²) < 4.78 is 13.0. The normalized spacial score (nSPS) is 27.4. The van der Waals surface area contributed by atoms with E-state index in [1.165, 1.54) is 10.1 Å². The predicted molar refractivity (Wildman–Crippen MR) is 68.4 cm³/mol. The maximum Gasteiger partial charge on any atom is 0.192 e. The molecule has 2 aliphatic rings. The molecule has 0 saturated carbocycles. The van der Waals surface area contributed by atoms with Crippen molar-refractivity contribution in [2.24, 2.45) is 5.41 Å². The van der Waals surface area contributed by atoms with Crippen LogP contribution in [0.5, 0.6) is 0 Å². The summed E-state index contributed by atoms with van der Waals surface area (Å²) in [5, 5.41) is 0. The van der Waals surface area contributed by atoms with Crippen molar-refractivity contribution in [1.29, 1.82) is 0 Å². The van der Waals surface area contributed by atoms with Crippen molar-refractivity contribution in [1.82, 2.24) is 0 Å². The van der Waals surface area contributed by atoms with Gasteiger partial charge in [0.2, 0.25) is 0 Å². The van der Waals surface area contributed by atoms with Gasteiger partial charge in [0.15, 0.2) is 5.79 Å². The topological polar surface area (TPSA) is 18.5 Å². The van der Waals surface area contributed by atoms with E-state index in [1.807, 2.05) is 6.08 Å². The summed E-state index contributed by atoms with van der Waals surface area (Å²) in [5.74, 6) is -0.491. The third-order valence-electron chi connectivity index (χ3n) is 3.23. The van der Waals surface area contributed by atoms with E-state index in [-0.39, 0.29) is 5.41 Å². The number of hydrogen-bond donors (Lipinski definition) is 0. The Balaban J connectivity index is 2.38. The van der Waals surface area contributed by atoms with Crippen molar-refractivity contribution >= 4 is 15.9 Å². The Kier molecular flexibility index (Phi) is 3.30. The monoisotopic (exact) mass is 286 g/mol. The fourth-order valence-electron chi connectivity index (χ4n) is 2.67. The highest BCUT2D eigenvalue weighted by atomic mass is 79.9.